The third-order valence-corrected chi connectivity index (χ3v) is 4.14. The van der Waals surface area contributed by atoms with Crippen LogP contribution >= 0.6 is 0 Å². The van der Waals surface area contributed by atoms with Gasteiger partial charge in [-0.25, -0.2) is 4.68 Å². The summed E-state index contributed by atoms with van der Waals surface area (Å²) in [6.07, 6.45) is 3.69. The van der Waals surface area contributed by atoms with Gasteiger partial charge in [-0.1, -0.05) is 6.07 Å². The first-order valence-corrected chi connectivity index (χ1v) is 8.21. The van der Waals surface area contributed by atoms with Gasteiger partial charge in [-0.2, -0.15) is 5.10 Å². The standard InChI is InChI=1S/C17H23N5O2/c1-13-9-16(18)22(20-13)11-17(23)21-8-4-6-15(10-21)24-12-14-5-2-3-7-19-14/h2-3,5,7,9,15H,4,6,8,10-12,18H2,1H3/t15-/m1/s1. The van der Waals surface area contributed by atoms with Gasteiger partial charge in [0.05, 0.1) is 24.1 Å². The van der Waals surface area contributed by atoms with Gasteiger partial charge in [-0.3, -0.25) is 9.78 Å². The van der Waals surface area contributed by atoms with E-state index in [9.17, 15) is 4.79 Å². The number of carbonyl (C=O) groups excluding carboxylic acids is 1. The number of nitrogens with zero attached hydrogens (tertiary/aromatic N) is 4. The molecule has 3 rings (SSSR count). The van der Waals surface area contributed by atoms with E-state index in [1.807, 2.05) is 30.0 Å². The Morgan fingerprint density at radius 1 is 1.46 bits per heavy atom. The molecule has 128 valence electrons. The molecule has 0 saturated carbocycles. The van der Waals surface area contributed by atoms with Crippen molar-refractivity contribution >= 4 is 11.7 Å². The lowest BCUT2D eigenvalue weighted by Crippen LogP contribution is -2.44. The van der Waals surface area contributed by atoms with E-state index in [1.165, 1.54) is 0 Å². The van der Waals surface area contributed by atoms with Gasteiger partial charge in [0.2, 0.25) is 5.91 Å². The number of amides is 1. The molecule has 1 aliphatic rings. The summed E-state index contributed by atoms with van der Waals surface area (Å²) in [4.78, 5) is 18.6. The third-order valence-electron chi connectivity index (χ3n) is 4.14. The van der Waals surface area contributed by atoms with Crippen LogP contribution in [0.5, 0.6) is 0 Å². The molecule has 0 spiro atoms. The highest BCUT2D eigenvalue weighted by molar-refractivity contribution is 5.76. The normalized spacial score (nSPS) is 17.9. The van der Waals surface area contributed by atoms with Crippen molar-refractivity contribution in [3.63, 3.8) is 0 Å². The number of carbonyl (C=O) groups is 1. The fourth-order valence-corrected chi connectivity index (χ4v) is 2.91. The summed E-state index contributed by atoms with van der Waals surface area (Å²) in [6, 6.07) is 7.53. The molecule has 24 heavy (non-hydrogen) atoms. The van der Waals surface area contributed by atoms with E-state index in [0.717, 1.165) is 30.8 Å². The third kappa shape index (κ3) is 4.11. The van der Waals surface area contributed by atoms with Gasteiger partial charge in [0.1, 0.15) is 12.4 Å². The first kappa shape index (κ1) is 16.4. The summed E-state index contributed by atoms with van der Waals surface area (Å²) in [5, 5.41) is 4.24. The zero-order valence-electron chi connectivity index (χ0n) is 13.9. The smallest absolute Gasteiger partial charge is 0.244 e. The van der Waals surface area contributed by atoms with E-state index in [2.05, 4.69) is 10.1 Å². The van der Waals surface area contributed by atoms with Crippen LogP contribution in [-0.2, 0) is 22.7 Å². The lowest BCUT2D eigenvalue weighted by Gasteiger charge is -2.32. The van der Waals surface area contributed by atoms with Gasteiger partial charge >= 0.3 is 0 Å². The van der Waals surface area contributed by atoms with E-state index < -0.39 is 0 Å². The number of hydrogen-bond donors (Lipinski definition) is 1. The molecule has 0 unspecified atom stereocenters. The van der Waals surface area contributed by atoms with Crippen molar-refractivity contribution in [3.05, 3.63) is 41.9 Å². The zero-order valence-corrected chi connectivity index (χ0v) is 13.9. The average Bonchev–Trinajstić information content (AvgIpc) is 2.91. The number of piperidine rings is 1. The van der Waals surface area contributed by atoms with Crippen molar-refractivity contribution < 1.29 is 9.53 Å². The van der Waals surface area contributed by atoms with Crippen molar-refractivity contribution in [2.45, 2.75) is 39.0 Å². The van der Waals surface area contributed by atoms with Crippen molar-refractivity contribution in [2.24, 2.45) is 0 Å². The summed E-state index contributed by atoms with van der Waals surface area (Å²) < 4.78 is 7.48. The largest absolute Gasteiger partial charge is 0.384 e. The summed E-state index contributed by atoms with van der Waals surface area (Å²) in [5.74, 6) is 0.539. The minimum Gasteiger partial charge on any atom is -0.384 e. The molecular weight excluding hydrogens is 306 g/mol. The Labute approximate surface area is 141 Å². The van der Waals surface area contributed by atoms with Crippen molar-refractivity contribution in [3.8, 4) is 0 Å². The van der Waals surface area contributed by atoms with Crippen LogP contribution in [0, 0.1) is 6.92 Å². The van der Waals surface area contributed by atoms with Crippen molar-refractivity contribution in [2.75, 3.05) is 18.8 Å². The maximum Gasteiger partial charge on any atom is 0.244 e. The summed E-state index contributed by atoms with van der Waals surface area (Å²) in [7, 11) is 0. The molecule has 0 bridgehead atoms. The van der Waals surface area contributed by atoms with E-state index in [4.69, 9.17) is 10.5 Å². The van der Waals surface area contributed by atoms with Gasteiger partial charge in [-0.15, -0.1) is 0 Å². The number of ether oxygens (including phenoxy) is 1. The minimum atomic E-state index is 0.0240. The summed E-state index contributed by atoms with van der Waals surface area (Å²) in [6.45, 7) is 3.86. The highest BCUT2D eigenvalue weighted by Crippen LogP contribution is 2.16. The molecule has 1 fully saturated rings. The van der Waals surface area contributed by atoms with Crippen LogP contribution in [0.1, 0.15) is 24.2 Å². The Morgan fingerprint density at radius 3 is 3.04 bits per heavy atom. The predicted octanol–water partition coefficient (Wildman–Crippen LogP) is 1.38. The monoisotopic (exact) mass is 329 g/mol. The Hall–Kier alpha value is -2.41. The molecule has 3 heterocycles. The Bertz CT molecular complexity index is 686. The van der Waals surface area contributed by atoms with Crippen molar-refractivity contribution in [1.29, 1.82) is 0 Å². The van der Waals surface area contributed by atoms with Gasteiger partial charge in [0.15, 0.2) is 0 Å². The maximum atomic E-state index is 12.5. The second kappa shape index (κ2) is 7.44. The Balaban J connectivity index is 1.53. The second-order valence-electron chi connectivity index (χ2n) is 6.10. The van der Waals surface area contributed by atoms with Crippen LogP contribution in [0.4, 0.5) is 5.82 Å². The quantitative estimate of drug-likeness (QED) is 0.895. The number of anilines is 1. The molecule has 2 aromatic heterocycles. The molecule has 0 radical (unpaired) electrons. The highest BCUT2D eigenvalue weighted by Gasteiger charge is 2.24. The first-order valence-electron chi connectivity index (χ1n) is 8.21. The van der Waals surface area contributed by atoms with Gasteiger partial charge in [0, 0.05) is 25.4 Å². The van der Waals surface area contributed by atoms with Gasteiger partial charge in [-0.05, 0) is 31.9 Å². The average molecular weight is 329 g/mol. The van der Waals surface area contributed by atoms with Crippen LogP contribution in [0.2, 0.25) is 0 Å². The molecule has 1 amide bonds. The van der Waals surface area contributed by atoms with Crippen LogP contribution in [0.3, 0.4) is 0 Å². The SMILES string of the molecule is Cc1cc(N)n(CC(=O)N2CCC[C@@H](OCc3ccccn3)C2)n1. The van der Waals surface area contributed by atoms with Crippen molar-refractivity contribution in [1.82, 2.24) is 19.7 Å². The molecular formula is C17H23N5O2. The minimum absolute atomic E-state index is 0.0240. The molecule has 0 aromatic carbocycles. The maximum absolute atomic E-state index is 12.5. The second-order valence-corrected chi connectivity index (χ2v) is 6.10. The van der Waals surface area contributed by atoms with Crippen LogP contribution in [0.15, 0.2) is 30.5 Å². The molecule has 0 aliphatic carbocycles. The number of hydrogen-bond acceptors (Lipinski definition) is 5. The number of aromatic nitrogens is 3. The Kier molecular flexibility index (Phi) is 5.10. The van der Waals surface area contributed by atoms with E-state index >= 15 is 0 Å². The van der Waals surface area contributed by atoms with E-state index in [0.29, 0.717) is 19.0 Å². The Morgan fingerprint density at radius 2 is 2.33 bits per heavy atom. The lowest BCUT2D eigenvalue weighted by molar-refractivity contribution is -0.136. The highest BCUT2D eigenvalue weighted by atomic mass is 16.5. The van der Waals surface area contributed by atoms with Crippen LogP contribution < -0.4 is 5.73 Å². The zero-order chi connectivity index (χ0) is 16.9. The molecule has 2 aromatic rings. The van der Waals surface area contributed by atoms with E-state index in [-0.39, 0.29) is 18.6 Å². The fourth-order valence-electron chi connectivity index (χ4n) is 2.91. The molecule has 1 atom stereocenters. The summed E-state index contributed by atoms with van der Waals surface area (Å²) >= 11 is 0. The number of pyridine rings is 1. The number of rotatable bonds is 5. The molecule has 1 aliphatic heterocycles. The fraction of sp³-hybridized carbons (Fsp3) is 0.471. The van der Waals surface area contributed by atoms with E-state index in [1.54, 1.807) is 16.9 Å². The summed E-state index contributed by atoms with van der Waals surface area (Å²) in [5.41, 5.74) is 7.58. The van der Waals surface area contributed by atoms with Crippen LogP contribution in [0.25, 0.3) is 0 Å². The predicted molar refractivity (Wildman–Crippen MR) is 90.0 cm³/mol. The number of likely N-dealkylation sites (tertiary alicyclic amines) is 1. The molecule has 1 saturated heterocycles. The molecule has 7 heteroatoms. The van der Waals surface area contributed by atoms with Gasteiger partial charge < -0.3 is 15.4 Å². The number of nitrogen functional groups attached to an aromatic ring is 1. The topological polar surface area (TPSA) is 86.3 Å². The van der Waals surface area contributed by atoms with Gasteiger partial charge in [0.25, 0.3) is 0 Å². The number of aryl methyl sites for hydroxylation is 1. The number of nitrogens with two attached hydrogens (primary N) is 1. The molecule has 2 N–H and O–H groups in total. The first-order chi connectivity index (χ1) is 11.6. The van der Waals surface area contributed by atoms with Crippen LogP contribution in [-0.4, -0.2) is 44.8 Å². The lowest BCUT2D eigenvalue weighted by atomic mass is 10.1. The molecule has 7 nitrogen and oxygen atoms in total.